The Kier molecular flexibility index (Phi) is 2.01. The van der Waals surface area contributed by atoms with Crippen LogP contribution in [0.1, 0.15) is 0 Å². The van der Waals surface area contributed by atoms with E-state index < -0.39 is 12.4 Å². The van der Waals surface area contributed by atoms with E-state index in [9.17, 15) is 9.18 Å². The highest BCUT2D eigenvalue weighted by Gasteiger charge is 1.95. The van der Waals surface area contributed by atoms with E-state index in [-0.39, 0.29) is 5.15 Å². The van der Waals surface area contributed by atoms with Crippen LogP contribution in [0.15, 0.2) is 16.9 Å². The number of rotatable bonds is 1. The van der Waals surface area contributed by atoms with Crippen LogP contribution in [0, 0.1) is 0 Å². The van der Waals surface area contributed by atoms with Crippen molar-refractivity contribution in [2.24, 2.45) is 0 Å². The monoisotopic (exact) mass is 162 g/mol. The van der Waals surface area contributed by atoms with Gasteiger partial charge in [0, 0.05) is 6.07 Å². The van der Waals surface area contributed by atoms with Gasteiger partial charge in [-0.05, 0) is 6.07 Å². The topological polar surface area (TPSA) is 34.9 Å². The predicted octanol–water partition coefficient (Wildman–Crippen LogP) is 0.824. The highest BCUT2D eigenvalue weighted by molar-refractivity contribution is 6.29. The molecule has 1 aromatic heterocycles. The lowest BCUT2D eigenvalue weighted by Gasteiger charge is -1.95. The van der Waals surface area contributed by atoms with Crippen LogP contribution in [0.5, 0.6) is 0 Å². The van der Waals surface area contributed by atoms with Crippen molar-refractivity contribution >= 4 is 11.6 Å². The van der Waals surface area contributed by atoms with Crippen LogP contribution in [0.25, 0.3) is 0 Å². The molecule has 54 valence electrons. The first-order chi connectivity index (χ1) is 4.74. The molecule has 0 aliphatic heterocycles. The maximum atomic E-state index is 11.8. The van der Waals surface area contributed by atoms with Crippen LogP contribution in [0.2, 0.25) is 5.15 Å². The fourth-order valence-corrected chi connectivity index (χ4v) is 0.664. The van der Waals surface area contributed by atoms with Gasteiger partial charge in [0.15, 0.2) is 6.80 Å². The normalized spacial score (nSPS) is 9.80. The third-order valence-corrected chi connectivity index (χ3v) is 1.15. The Morgan fingerprint density at radius 2 is 2.40 bits per heavy atom. The minimum Gasteiger partial charge on any atom is -0.268 e. The largest absolute Gasteiger partial charge is 0.269 e. The van der Waals surface area contributed by atoms with E-state index in [0.717, 1.165) is 6.07 Å². The molecular formula is C5H4ClFN2O. The van der Waals surface area contributed by atoms with Gasteiger partial charge in [0.05, 0.1) is 0 Å². The summed E-state index contributed by atoms with van der Waals surface area (Å²) in [4.78, 5) is 10.6. The fourth-order valence-electron chi connectivity index (χ4n) is 0.510. The van der Waals surface area contributed by atoms with E-state index in [1.165, 1.54) is 6.07 Å². The molecule has 0 amide bonds. The number of aromatic nitrogens is 2. The first kappa shape index (κ1) is 7.21. The molecule has 1 aromatic rings. The third kappa shape index (κ3) is 1.33. The lowest BCUT2D eigenvalue weighted by molar-refractivity contribution is 0.337. The Morgan fingerprint density at radius 1 is 1.70 bits per heavy atom. The standard InChI is InChI=1S/C5H4ClFN2O/c6-4-1-2-5(10)9(3-7)8-4/h1-2H,3H2. The van der Waals surface area contributed by atoms with Crippen LogP contribution < -0.4 is 5.56 Å². The van der Waals surface area contributed by atoms with Gasteiger partial charge >= 0.3 is 0 Å². The van der Waals surface area contributed by atoms with Gasteiger partial charge in [-0.3, -0.25) is 4.79 Å². The highest BCUT2D eigenvalue weighted by atomic mass is 35.5. The summed E-state index contributed by atoms with van der Waals surface area (Å²) in [5, 5.41) is 3.49. The van der Waals surface area contributed by atoms with Crippen molar-refractivity contribution in [3.8, 4) is 0 Å². The third-order valence-electron chi connectivity index (χ3n) is 0.947. The molecule has 0 bridgehead atoms. The predicted molar refractivity (Wildman–Crippen MR) is 34.6 cm³/mol. The molecule has 0 unspecified atom stereocenters. The lowest BCUT2D eigenvalue weighted by Crippen LogP contribution is -2.19. The average Bonchev–Trinajstić information content (AvgIpc) is 1.94. The number of hydrogen-bond donors (Lipinski definition) is 0. The van der Waals surface area contributed by atoms with Crippen molar-refractivity contribution in [3.05, 3.63) is 27.6 Å². The van der Waals surface area contributed by atoms with Gasteiger partial charge in [0.2, 0.25) is 0 Å². The van der Waals surface area contributed by atoms with Crippen LogP contribution in [0.3, 0.4) is 0 Å². The molecule has 0 fully saturated rings. The Labute approximate surface area is 61.0 Å². The molecule has 0 spiro atoms. The van der Waals surface area contributed by atoms with Gasteiger partial charge < -0.3 is 0 Å². The lowest BCUT2D eigenvalue weighted by atomic mass is 10.6. The molecule has 3 nitrogen and oxygen atoms in total. The fraction of sp³-hybridized carbons (Fsp3) is 0.200. The van der Waals surface area contributed by atoms with E-state index in [0.29, 0.717) is 4.68 Å². The Hall–Kier alpha value is -0.900. The first-order valence-corrected chi connectivity index (χ1v) is 2.91. The van der Waals surface area contributed by atoms with Crippen LogP contribution in [-0.2, 0) is 6.80 Å². The Bertz CT molecular complexity index is 285. The zero-order valence-corrected chi connectivity index (χ0v) is 5.68. The molecule has 1 heterocycles. The van der Waals surface area contributed by atoms with E-state index in [4.69, 9.17) is 11.6 Å². The maximum absolute atomic E-state index is 11.8. The van der Waals surface area contributed by atoms with Crippen molar-refractivity contribution in [1.82, 2.24) is 9.78 Å². The summed E-state index contributed by atoms with van der Waals surface area (Å²) in [5.74, 6) is 0. The number of halogens is 2. The highest BCUT2D eigenvalue weighted by Crippen LogP contribution is 1.97. The average molecular weight is 163 g/mol. The van der Waals surface area contributed by atoms with Crippen LogP contribution in [-0.4, -0.2) is 9.78 Å². The van der Waals surface area contributed by atoms with Gasteiger partial charge in [0.25, 0.3) is 5.56 Å². The SMILES string of the molecule is O=c1ccc(Cl)nn1CF. The van der Waals surface area contributed by atoms with Crippen molar-refractivity contribution in [2.45, 2.75) is 6.80 Å². The molecule has 0 saturated heterocycles. The molecular weight excluding hydrogens is 159 g/mol. The molecule has 0 aliphatic carbocycles. The second kappa shape index (κ2) is 2.79. The van der Waals surface area contributed by atoms with E-state index in [1.807, 2.05) is 0 Å². The molecule has 1 rings (SSSR count). The van der Waals surface area contributed by atoms with Gasteiger partial charge in [-0.2, -0.15) is 9.78 Å². The molecule has 10 heavy (non-hydrogen) atoms. The minimum absolute atomic E-state index is 0.109. The molecule has 0 radical (unpaired) electrons. The number of alkyl halides is 1. The number of hydrogen-bond acceptors (Lipinski definition) is 2. The smallest absolute Gasteiger partial charge is 0.268 e. The van der Waals surface area contributed by atoms with Gasteiger partial charge in [0.1, 0.15) is 5.15 Å². The van der Waals surface area contributed by atoms with E-state index in [2.05, 4.69) is 5.10 Å². The van der Waals surface area contributed by atoms with Crippen molar-refractivity contribution in [2.75, 3.05) is 0 Å². The van der Waals surface area contributed by atoms with Crippen molar-refractivity contribution in [1.29, 1.82) is 0 Å². The van der Waals surface area contributed by atoms with E-state index in [1.54, 1.807) is 0 Å². The zero-order chi connectivity index (χ0) is 7.56. The summed E-state index contributed by atoms with van der Waals surface area (Å²) in [6.07, 6.45) is 0. The maximum Gasteiger partial charge on any atom is 0.269 e. The summed E-state index contributed by atoms with van der Waals surface area (Å²) in [5.41, 5.74) is -0.494. The van der Waals surface area contributed by atoms with Crippen LogP contribution >= 0.6 is 11.6 Å². The summed E-state index contributed by atoms with van der Waals surface area (Å²) in [6.45, 7) is -0.945. The molecule has 0 atom stereocenters. The zero-order valence-electron chi connectivity index (χ0n) is 4.92. The van der Waals surface area contributed by atoms with Crippen LogP contribution in [0.4, 0.5) is 4.39 Å². The van der Waals surface area contributed by atoms with Crippen molar-refractivity contribution in [3.63, 3.8) is 0 Å². The molecule has 0 aromatic carbocycles. The Balaban J connectivity index is 3.22. The summed E-state index contributed by atoms with van der Waals surface area (Å²) in [7, 11) is 0. The molecule has 0 N–H and O–H groups in total. The minimum atomic E-state index is -0.945. The molecule has 0 saturated carbocycles. The van der Waals surface area contributed by atoms with Gasteiger partial charge in [-0.25, -0.2) is 4.39 Å². The molecule has 0 aliphatic rings. The summed E-state index contributed by atoms with van der Waals surface area (Å²) < 4.78 is 12.4. The van der Waals surface area contributed by atoms with Gasteiger partial charge in [-0.15, -0.1) is 0 Å². The quantitative estimate of drug-likeness (QED) is 0.613. The van der Waals surface area contributed by atoms with Crippen molar-refractivity contribution < 1.29 is 4.39 Å². The second-order valence-electron chi connectivity index (χ2n) is 1.61. The second-order valence-corrected chi connectivity index (χ2v) is 2.00. The summed E-state index contributed by atoms with van der Waals surface area (Å²) >= 11 is 5.36. The Morgan fingerprint density at radius 3 is 2.90 bits per heavy atom. The molecule has 5 heteroatoms. The number of nitrogens with zero attached hydrogens (tertiary/aromatic N) is 2. The van der Waals surface area contributed by atoms with Gasteiger partial charge in [-0.1, -0.05) is 11.6 Å². The summed E-state index contributed by atoms with van der Waals surface area (Å²) in [6, 6.07) is 2.48. The first-order valence-electron chi connectivity index (χ1n) is 2.53. The van der Waals surface area contributed by atoms with E-state index >= 15 is 0 Å².